The van der Waals surface area contributed by atoms with E-state index in [4.69, 9.17) is 4.74 Å². The predicted molar refractivity (Wildman–Crippen MR) is 110 cm³/mol. The molecule has 1 aliphatic rings. The third-order valence-electron chi connectivity index (χ3n) is 5.51. The summed E-state index contributed by atoms with van der Waals surface area (Å²) in [6.07, 6.45) is 3.58. The minimum atomic E-state index is 0.115. The van der Waals surface area contributed by atoms with Crippen LogP contribution in [0.2, 0.25) is 0 Å². The first-order chi connectivity index (χ1) is 13.8. The number of likely N-dealkylation sites (tertiary alicyclic amines) is 1. The number of rotatable bonds is 8. The SMILES string of the molecule is COCCn1nnnc1[C@H](c1cccs1)N1CCC(Cc2ccccc2)CC1. The van der Waals surface area contributed by atoms with E-state index in [9.17, 15) is 0 Å². The zero-order valence-electron chi connectivity index (χ0n) is 16.3. The number of hydrogen-bond donors (Lipinski definition) is 0. The maximum absolute atomic E-state index is 5.23. The first-order valence-electron chi connectivity index (χ1n) is 9.91. The largest absolute Gasteiger partial charge is 0.383 e. The summed E-state index contributed by atoms with van der Waals surface area (Å²) in [6, 6.07) is 15.3. The van der Waals surface area contributed by atoms with Crippen molar-refractivity contribution in [2.24, 2.45) is 5.92 Å². The standard InChI is InChI=1S/C21H27N5OS/c1-27-14-13-26-21(22-23-24-26)20(19-8-5-15-28-19)25-11-9-18(10-12-25)16-17-6-3-2-4-7-17/h2-8,15,18,20H,9-14,16H2,1H3/t20-/m0/s1. The molecule has 3 aromatic rings. The minimum absolute atomic E-state index is 0.115. The van der Waals surface area contributed by atoms with Crippen molar-refractivity contribution in [2.75, 3.05) is 26.8 Å². The van der Waals surface area contributed by atoms with Crippen molar-refractivity contribution in [1.82, 2.24) is 25.1 Å². The van der Waals surface area contributed by atoms with Crippen LogP contribution < -0.4 is 0 Å². The highest BCUT2D eigenvalue weighted by Gasteiger charge is 2.31. The normalized spacial score (nSPS) is 17.0. The lowest BCUT2D eigenvalue weighted by Crippen LogP contribution is -2.38. The fourth-order valence-corrected chi connectivity index (χ4v) is 4.88. The summed E-state index contributed by atoms with van der Waals surface area (Å²) in [7, 11) is 1.71. The Labute approximate surface area is 170 Å². The molecule has 1 fully saturated rings. The van der Waals surface area contributed by atoms with Crippen LogP contribution in [-0.2, 0) is 17.7 Å². The molecule has 0 amide bonds. The van der Waals surface area contributed by atoms with E-state index < -0.39 is 0 Å². The van der Waals surface area contributed by atoms with Gasteiger partial charge in [0, 0.05) is 12.0 Å². The molecule has 0 spiro atoms. The Morgan fingerprint density at radius 1 is 1.14 bits per heavy atom. The molecule has 148 valence electrons. The van der Waals surface area contributed by atoms with Gasteiger partial charge in [-0.3, -0.25) is 4.90 Å². The lowest BCUT2D eigenvalue weighted by atomic mass is 9.89. The Balaban J connectivity index is 1.47. The number of thiophene rings is 1. The minimum Gasteiger partial charge on any atom is -0.383 e. The van der Waals surface area contributed by atoms with Gasteiger partial charge < -0.3 is 4.74 Å². The average molecular weight is 398 g/mol. The van der Waals surface area contributed by atoms with Crippen molar-refractivity contribution in [2.45, 2.75) is 31.8 Å². The summed E-state index contributed by atoms with van der Waals surface area (Å²) in [4.78, 5) is 3.84. The van der Waals surface area contributed by atoms with Gasteiger partial charge in [-0.15, -0.1) is 16.4 Å². The van der Waals surface area contributed by atoms with Crippen LogP contribution in [0.3, 0.4) is 0 Å². The fourth-order valence-electron chi connectivity index (χ4n) is 4.02. The highest BCUT2D eigenvalue weighted by atomic mass is 32.1. The van der Waals surface area contributed by atoms with Gasteiger partial charge in [-0.05, 0) is 65.7 Å². The fraction of sp³-hybridized carbons (Fsp3) is 0.476. The molecule has 3 heterocycles. The van der Waals surface area contributed by atoms with E-state index in [1.54, 1.807) is 18.4 Å². The van der Waals surface area contributed by atoms with Gasteiger partial charge in [0.2, 0.25) is 0 Å². The highest BCUT2D eigenvalue weighted by molar-refractivity contribution is 7.10. The number of benzene rings is 1. The third-order valence-corrected chi connectivity index (χ3v) is 6.43. The van der Waals surface area contributed by atoms with Gasteiger partial charge in [-0.1, -0.05) is 36.4 Å². The van der Waals surface area contributed by atoms with Gasteiger partial charge in [0.15, 0.2) is 5.82 Å². The molecular weight excluding hydrogens is 370 g/mol. The molecule has 1 aromatic carbocycles. The number of piperidine rings is 1. The molecule has 2 aromatic heterocycles. The number of methoxy groups -OCH3 is 1. The molecule has 0 bridgehead atoms. The Morgan fingerprint density at radius 3 is 2.68 bits per heavy atom. The van der Waals surface area contributed by atoms with Crippen molar-refractivity contribution >= 4 is 11.3 Å². The van der Waals surface area contributed by atoms with Crippen molar-refractivity contribution in [3.63, 3.8) is 0 Å². The molecule has 1 aliphatic heterocycles. The van der Waals surface area contributed by atoms with Crippen molar-refractivity contribution in [1.29, 1.82) is 0 Å². The van der Waals surface area contributed by atoms with E-state index in [1.807, 2.05) is 4.68 Å². The number of hydrogen-bond acceptors (Lipinski definition) is 6. The number of nitrogens with zero attached hydrogens (tertiary/aromatic N) is 5. The lowest BCUT2D eigenvalue weighted by Gasteiger charge is -2.36. The number of ether oxygens (including phenoxy) is 1. The number of tetrazole rings is 1. The summed E-state index contributed by atoms with van der Waals surface area (Å²) in [5.74, 6) is 1.66. The van der Waals surface area contributed by atoms with Gasteiger partial charge in [0.05, 0.1) is 13.2 Å². The maximum atomic E-state index is 5.23. The van der Waals surface area contributed by atoms with Crippen LogP contribution in [-0.4, -0.2) is 51.9 Å². The van der Waals surface area contributed by atoms with Crippen LogP contribution in [0, 0.1) is 5.92 Å². The molecule has 0 aliphatic carbocycles. The summed E-state index contributed by atoms with van der Waals surface area (Å²) in [5.41, 5.74) is 1.44. The molecule has 7 heteroatoms. The van der Waals surface area contributed by atoms with E-state index in [-0.39, 0.29) is 6.04 Å². The Bertz CT molecular complexity index is 828. The third kappa shape index (κ3) is 4.48. The van der Waals surface area contributed by atoms with E-state index in [0.717, 1.165) is 24.8 Å². The second-order valence-corrected chi connectivity index (χ2v) is 8.32. The van der Waals surface area contributed by atoms with Gasteiger partial charge in [0.1, 0.15) is 6.04 Å². The highest BCUT2D eigenvalue weighted by Crippen LogP contribution is 2.34. The average Bonchev–Trinajstić information content (AvgIpc) is 3.42. The molecule has 6 nitrogen and oxygen atoms in total. The van der Waals surface area contributed by atoms with Crippen LogP contribution in [0.4, 0.5) is 0 Å². The maximum Gasteiger partial charge on any atom is 0.173 e. The zero-order chi connectivity index (χ0) is 19.2. The topological polar surface area (TPSA) is 56.1 Å². The molecule has 0 radical (unpaired) electrons. The summed E-state index contributed by atoms with van der Waals surface area (Å²) in [5, 5.41) is 14.7. The first kappa shape index (κ1) is 19.2. The van der Waals surface area contributed by atoms with Crippen LogP contribution >= 0.6 is 11.3 Å². The van der Waals surface area contributed by atoms with Crippen molar-refractivity contribution < 1.29 is 4.74 Å². The molecule has 4 rings (SSSR count). The zero-order valence-corrected chi connectivity index (χ0v) is 17.1. The second kappa shape index (κ2) is 9.41. The van der Waals surface area contributed by atoms with Gasteiger partial charge in [-0.25, -0.2) is 4.68 Å². The van der Waals surface area contributed by atoms with E-state index in [0.29, 0.717) is 13.2 Å². The Morgan fingerprint density at radius 2 is 1.96 bits per heavy atom. The van der Waals surface area contributed by atoms with Crippen LogP contribution in [0.25, 0.3) is 0 Å². The summed E-state index contributed by atoms with van der Waals surface area (Å²) in [6.45, 7) is 3.41. The summed E-state index contributed by atoms with van der Waals surface area (Å²) >= 11 is 1.78. The van der Waals surface area contributed by atoms with Crippen LogP contribution in [0.15, 0.2) is 47.8 Å². The lowest BCUT2D eigenvalue weighted by molar-refractivity contribution is 0.141. The Kier molecular flexibility index (Phi) is 6.46. The van der Waals surface area contributed by atoms with E-state index in [1.165, 1.54) is 29.7 Å². The van der Waals surface area contributed by atoms with Crippen molar-refractivity contribution in [3.8, 4) is 0 Å². The number of aromatic nitrogens is 4. The van der Waals surface area contributed by atoms with Gasteiger partial charge in [-0.2, -0.15) is 0 Å². The second-order valence-electron chi connectivity index (χ2n) is 7.34. The molecule has 1 saturated heterocycles. The predicted octanol–water partition coefficient (Wildman–Crippen LogP) is 3.43. The van der Waals surface area contributed by atoms with Crippen LogP contribution in [0.1, 0.15) is 35.1 Å². The molecule has 28 heavy (non-hydrogen) atoms. The molecular formula is C21H27N5OS. The monoisotopic (exact) mass is 397 g/mol. The van der Waals surface area contributed by atoms with Gasteiger partial charge in [0.25, 0.3) is 0 Å². The molecule has 0 saturated carbocycles. The van der Waals surface area contributed by atoms with Crippen molar-refractivity contribution in [3.05, 3.63) is 64.1 Å². The first-order valence-corrected chi connectivity index (χ1v) is 10.8. The Hall–Kier alpha value is -2.09. The summed E-state index contributed by atoms with van der Waals surface area (Å²) < 4.78 is 7.12. The smallest absolute Gasteiger partial charge is 0.173 e. The van der Waals surface area contributed by atoms with E-state index >= 15 is 0 Å². The molecule has 0 unspecified atom stereocenters. The molecule has 0 N–H and O–H groups in total. The van der Waals surface area contributed by atoms with E-state index in [2.05, 4.69) is 68.3 Å². The van der Waals surface area contributed by atoms with Crippen LogP contribution in [0.5, 0.6) is 0 Å². The quantitative estimate of drug-likeness (QED) is 0.583. The molecule has 1 atom stereocenters. The van der Waals surface area contributed by atoms with Gasteiger partial charge >= 0.3 is 0 Å².